The third-order valence-corrected chi connectivity index (χ3v) is 5.82. The topological polar surface area (TPSA) is 67.9 Å². The van der Waals surface area contributed by atoms with E-state index in [9.17, 15) is 9.59 Å². The summed E-state index contributed by atoms with van der Waals surface area (Å²) in [6, 6.07) is 5.28. The lowest BCUT2D eigenvalue weighted by Crippen LogP contribution is -2.50. The number of hydrogen-bond acceptors (Lipinski definition) is 4. The summed E-state index contributed by atoms with van der Waals surface area (Å²) in [4.78, 5) is 27.1. The van der Waals surface area contributed by atoms with Gasteiger partial charge >= 0.3 is 0 Å². The summed E-state index contributed by atoms with van der Waals surface area (Å²) in [5, 5.41) is 2.97. The molecule has 0 heterocycles. The van der Waals surface area contributed by atoms with E-state index in [0.29, 0.717) is 30.9 Å². The molecule has 2 amide bonds. The van der Waals surface area contributed by atoms with Crippen LogP contribution in [0.4, 0.5) is 0 Å². The van der Waals surface area contributed by atoms with Gasteiger partial charge in [-0.05, 0) is 36.5 Å². The van der Waals surface area contributed by atoms with Crippen LogP contribution >= 0.6 is 0 Å². The van der Waals surface area contributed by atoms with Crippen LogP contribution < -0.4 is 14.8 Å². The molecule has 1 unspecified atom stereocenters. The number of amides is 2. The van der Waals surface area contributed by atoms with Gasteiger partial charge in [0, 0.05) is 20.0 Å². The van der Waals surface area contributed by atoms with Crippen molar-refractivity contribution in [2.45, 2.75) is 84.6 Å². The SMILES string of the molecule is CCCCCCCCCC(=O)NC(C(=O)N(C)CCc1ccc(OC)c(OC)c1)C(C)C. The molecule has 0 spiro atoms. The first kappa shape index (κ1) is 27.8. The number of hydrogen-bond donors (Lipinski definition) is 1. The Hall–Kier alpha value is -2.24. The molecule has 1 rings (SSSR count). The number of nitrogens with one attached hydrogen (secondary N) is 1. The number of rotatable bonds is 16. The van der Waals surface area contributed by atoms with Crippen LogP contribution in [0.5, 0.6) is 11.5 Å². The van der Waals surface area contributed by atoms with Crippen LogP contribution in [0.15, 0.2) is 18.2 Å². The zero-order chi connectivity index (χ0) is 23.9. The van der Waals surface area contributed by atoms with Crippen LogP contribution in [-0.2, 0) is 16.0 Å². The van der Waals surface area contributed by atoms with E-state index in [4.69, 9.17) is 9.47 Å². The third-order valence-electron chi connectivity index (χ3n) is 5.82. The molecule has 0 bridgehead atoms. The molecule has 0 aliphatic rings. The fraction of sp³-hybridized carbons (Fsp3) is 0.692. The molecule has 0 saturated carbocycles. The fourth-order valence-corrected chi connectivity index (χ4v) is 3.68. The largest absolute Gasteiger partial charge is 0.493 e. The number of unbranched alkanes of at least 4 members (excludes halogenated alkanes) is 6. The highest BCUT2D eigenvalue weighted by Crippen LogP contribution is 2.27. The molecule has 6 heteroatoms. The summed E-state index contributed by atoms with van der Waals surface area (Å²) >= 11 is 0. The van der Waals surface area contributed by atoms with E-state index < -0.39 is 6.04 Å². The number of carbonyl (C=O) groups excluding carboxylic acids is 2. The second kappa shape index (κ2) is 15.5. The second-order valence-electron chi connectivity index (χ2n) is 8.86. The van der Waals surface area contributed by atoms with Gasteiger partial charge in [0.05, 0.1) is 14.2 Å². The Bertz CT molecular complexity index is 690. The van der Waals surface area contributed by atoms with Crippen LogP contribution in [0.3, 0.4) is 0 Å². The summed E-state index contributed by atoms with van der Waals surface area (Å²) in [5.74, 6) is 1.32. The highest BCUT2D eigenvalue weighted by molar-refractivity contribution is 5.87. The van der Waals surface area contributed by atoms with Crippen molar-refractivity contribution >= 4 is 11.8 Å². The van der Waals surface area contributed by atoms with Gasteiger partial charge in [-0.1, -0.05) is 65.4 Å². The Balaban J connectivity index is 2.50. The van der Waals surface area contributed by atoms with Crippen molar-refractivity contribution in [2.75, 3.05) is 27.8 Å². The quantitative estimate of drug-likeness (QED) is 0.362. The molecule has 0 aromatic heterocycles. The smallest absolute Gasteiger partial charge is 0.245 e. The van der Waals surface area contributed by atoms with Gasteiger partial charge in [0.25, 0.3) is 0 Å². The molecular formula is C26H44N2O4. The molecule has 0 aliphatic heterocycles. The molecule has 0 fully saturated rings. The summed E-state index contributed by atoms with van der Waals surface area (Å²) in [7, 11) is 5.01. The lowest BCUT2D eigenvalue weighted by molar-refractivity contribution is -0.136. The van der Waals surface area contributed by atoms with E-state index in [2.05, 4.69) is 12.2 Å². The zero-order valence-electron chi connectivity index (χ0n) is 21.0. The van der Waals surface area contributed by atoms with Gasteiger partial charge in [-0.2, -0.15) is 0 Å². The monoisotopic (exact) mass is 448 g/mol. The summed E-state index contributed by atoms with van der Waals surface area (Å²) in [6.07, 6.45) is 9.37. The van der Waals surface area contributed by atoms with Crippen molar-refractivity contribution in [2.24, 2.45) is 5.92 Å². The molecule has 1 N–H and O–H groups in total. The number of nitrogens with zero attached hydrogens (tertiary/aromatic N) is 1. The van der Waals surface area contributed by atoms with Crippen LogP contribution in [0.1, 0.15) is 77.7 Å². The molecule has 0 aliphatic carbocycles. The van der Waals surface area contributed by atoms with Crippen molar-refractivity contribution in [1.29, 1.82) is 0 Å². The molecule has 32 heavy (non-hydrogen) atoms. The maximum absolute atomic E-state index is 13.0. The lowest BCUT2D eigenvalue weighted by atomic mass is 10.0. The number of carbonyl (C=O) groups is 2. The van der Waals surface area contributed by atoms with Gasteiger partial charge in [0.2, 0.25) is 11.8 Å². The lowest BCUT2D eigenvalue weighted by Gasteiger charge is -2.27. The van der Waals surface area contributed by atoms with Gasteiger partial charge in [-0.25, -0.2) is 0 Å². The van der Waals surface area contributed by atoms with Gasteiger partial charge in [-0.3, -0.25) is 9.59 Å². The van der Waals surface area contributed by atoms with E-state index in [1.807, 2.05) is 32.0 Å². The first-order valence-corrected chi connectivity index (χ1v) is 12.1. The summed E-state index contributed by atoms with van der Waals surface area (Å²) in [5.41, 5.74) is 1.06. The average molecular weight is 449 g/mol. The number of methoxy groups -OCH3 is 2. The van der Waals surface area contributed by atoms with E-state index in [0.717, 1.165) is 18.4 Å². The Morgan fingerprint density at radius 2 is 1.59 bits per heavy atom. The Morgan fingerprint density at radius 3 is 2.19 bits per heavy atom. The van der Waals surface area contributed by atoms with E-state index >= 15 is 0 Å². The first-order valence-electron chi connectivity index (χ1n) is 12.1. The number of likely N-dealkylation sites (N-methyl/N-ethyl adjacent to an activating group) is 1. The molecule has 1 aromatic rings. The normalized spacial score (nSPS) is 11.8. The van der Waals surface area contributed by atoms with E-state index in [-0.39, 0.29) is 17.7 Å². The summed E-state index contributed by atoms with van der Waals surface area (Å²) in [6.45, 7) is 6.72. The van der Waals surface area contributed by atoms with Crippen molar-refractivity contribution in [3.8, 4) is 11.5 Å². The fourth-order valence-electron chi connectivity index (χ4n) is 3.68. The molecule has 1 atom stereocenters. The standard InChI is InChI=1S/C26H44N2O4/c1-7-8-9-10-11-12-13-14-24(29)27-25(20(2)3)26(30)28(4)18-17-21-15-16-22(31-5)23(19-21)32-6/h15-16,19-20,25H,7-14,17-18H2,1-6H3,(H,27,29). The van der Waals surface area contributed by atoms with Gasteiger partial charge in [0.1, 0.15) is 6.04 Å². The van der Waals surface area contributed by atoms with Crippen molar-refractivity contribution < 1.29 is 19.1 Å². The molecule has 0 saturated heterocycles. The minimum atomic E-state index is -0.498. The molecule has 1 aromatic carbocycles. The Kier molecular flexibility index (Phi) is 13.5. The average Bonchev–Trinajstić information content (AvgIpc) is 2.79. The second-order valence-corrected chi connectivity index (χ2v) is 8.86. The predicted octanol–water partition coefficient (Wildman–Crippen LogP) is 4.99. The van der Waals surface area contributed by atoms with Crippen LogP contribution in [0.2, 0.25) is 0 Å². The highest BCUT2D eigenvalue weighted by Gasteiger charge is 2.26. The predicted molar refractivity (Wildman–Crippen MR) is 130 cm³/mol. The van der Waals surface area contributed by atoms with Crippen molar-refractivity contribution in [3.05, 3.63) is 23.8 Å². The minimum Gasteiger partial charge on any atom is -0.493 e. The van der Waals surface area contributed by atoms with Crippen LogP contribution in [-0.4, -0.2) is 50.6 Å². The van der Waals surface area contributed by atoms with E-state index in [1.165, 1.54) is 32.1 Å². The third kappa shape index (κ3) is 9.92. The first-order chi connectivity index (χ1) is 15.3. The maximum atomic E-state index is 13.0. The van der Waals surface area contributed by atoms with Gasteiger partial charge < -0.3 is 19.7 Å². The van der Waals surface area contributed by atoms with Crippen LogP contribution in [0, 0.1) is 5.92 Å². The summed E-state index contributed by atoms with van der Waals surface area (Å²) < 4.78 is 10.6. The Labute approximate surface area is 195 Å². The van der Waals surface area contributed by atoms with Gasteiger partial charge in [-0.15, -0.1) is 0 Å². The highest BCUT2D eigenvalue weighted by atomic mass is 16.5. The van der Waals surface area contributed by atoms with Crippen molar-refractivity contribution in [1.82, 2.24) is 10.2 Å². The van der Waals surface area contributed by atoms with Crippen molar-refractivity contribution in [3.63, 3.8) is 0 Å². The number of ether oxygens (including phenoxy) is 2. The van der Waals surface area contributed by atoms with Gasteiger partial charge in [0.15, 0.2) is 11.5 Å². The minimum absolute atomic E-state index is 0.0288. The maximum Gasteiger partial charge on any atom is 0.245 e. The molecule has 182 valence electrons. The van der Waals surface area contributed by atoms with Crippen LogP contribution in [0.25, 0.3) is 0 Å². The number of benzene rings is 1. The molecule has 6 nitrogen and oxygen atoms in total. The Morgan fingerprint density at radius 1 is 0.969 bits per heavy atom. The molecule has 0 radical (unpaired) electrons. The van der Waals surface area contributed by atoms with E-state index in [1.54, 1.807) is 26.2 Å². The molecular weight excluding hydrogens is 404 g/mol. The zero-order valence-corrected chi connectivity index (χ0v) is 21.0.